The largest absolute Gasteiger partial charge is 0.507 e. The Hall–Kier alpha value is -2.54. The fourth-order valence-electron chi connectivity index (χ4n) is 1.84. The first kappa shape index (κ1) is 16.8. The van der Waals surface area contributed by atoms with Gasteiger partial charge >= 0.3 is 0 Å². The normalized spacial score (nSPS) is 10.6. The zero-order chi connectivity index (χ0) is 16.8. The topological polar surface area (TPSA) is 80.2 Å². The number of carbonyl (C=O) groups excluding carboxylic acids is 1. The maximum atomic E-state index is 12.2. The predicted octanol–water partition coefficient (Wildman–Crippen LogP) is 2.94. The van der Waals surface area contributed by atoms with Crippen molar-refractivity contribution in [3.05, 3.63) is 52.0 Å². The zero-order valence-corrected chi connectivity index (χ0v) is 14.1. The molecule has 0 unspecified atom stereocenters. The lowest BCUT2D eigenvalue weighted by Crippen LogP contribution is -2.18. The van der Waals surface area contributed by atoms with Crippen LogP contribution in [-0.2, 0) is 0 Å². The van der Waals surface area contributed by atoms with Gasteiger partial charge in [-0.3, -0.25) is 4.79 Å². The first-order chi connectivity index (χ1) is 11.0. The lowest BCUT2D eigenvalue weighted by molar-refractivity contribution is 0.0952. The highest BCUT2D eigenvalue weighted by atomic mass is 79.9. The summed E-state index contributed by atoms with van der Waals surface area (Å²) in [5, 5.41) is 13.6. The molecule has 2 aromatic carbocycles. The second-order valence-electron chi connectivity index (χ2n) is 4.47. The van der Waals surface area contributed by atoms with Crippen LogP contribution in [0.15, 0.2) is 46.0 Å². The number of halogens is 1. The lowest BCUT2D eigenvalue weighted by atomic mass is 10.2. The molecule has 0 aromatic heterocycles. The Bertz CT molecular complexity index is 747. The number of nitrogens with zero attached hydrogens (tertiary/aromatic N) is 1. The van der Waals surface area contributed by atoms with Crippen LogP contribution < -0.4 is 14.9 Å². The van der Waals surface area contributed by atoms with E-state index in [0.717, 1.165) is 4.47 Å². The summed E-state index contributed by atoms with van der Waals surface area (Å²) in [5.41, 5.74) is 3.16. The third-order valence-corrected chi connectivity index (χ3v) is 3.50. The van der Waals surface area contributed by atoms with Crippen LogP contribution in [0, 0.1) is 0 Å². The van der Waals surface area contributed by atoms with Gasteiger partial charge in [0, 0.05) is 10.0 Å². The van der Waals surface area contributed by atoms with E-state index in [0.29, 0.717) is 22.6 Å². The van der Waals surface area contributed by atoms with Gasteiger partial charge in [-0.05, 0) is 36.4 Å². The Morgan fingerprint density at radius 2 is 2.00 bits per heavy atom. The number of hydrogen-bond donors (Lipinski definition) is 2. The number of nitrogens with one attached hydrogen (secondary N) is 1. The minimum Gasteiger partial charge on any atom is -0.507 e. The molecule has 0 bridgehead atoms. The number of phenolic OH excluding ortho intramolecular Hbond substituents is 1. The number of phenols is 1. The summed E-state index contributed by atoms with van der Waals surface area (Å²) in [6, 6.07) is 9.79. The fourth-order valence-corrected chi connectivity index (χ4v) is 2.20. The molecule has 0 saturated heterocycles. The minimum absolute atomic E-state index is 0.0313. The van der Waals surface area contributed by atoms with Gasteiger partial charge in [0.1, 0.15) is 17.2 Å². The lowest BCUT2D eigenvalue weighted by Gasteiger charge is -2.07. The molecule has 2 aromatic rings. The maximum absolute atomic E-state index is 12.2. The molecule has 0 atom stereocenters. The third kappa shape index (κ3) is 4.23. The number of aromatic hydroxyl groups is 1. The van der Waals surface area contributed by atoms with Gasteiger partial charge in [-0.1, -0.05) is 15.9 Å². The van der Waals surface area contributed by atoms with Gasteiger partial charge in [0.2, 0.25) is 0 Å². The molecule has 0 radical (unpaired) electrons. The predicted molar refractivity (Wildman–Crippen MR) is 90.4 cm³/mol. The van der Waals surface area contributed by atoms with E-state index in [9.17, 15) is 9.90 Å². The van der Waals surface area contributed by atoms with Crippen LogP contribution in [0.5, 0.6) is 17.2 Å². The van der Waals surface area contributed by atoms with Gasteiger partial charge < -0.3 is 14.6 Å². The van der Waals surface area contributed by atoms with E-state index in [-0.39, 0.29) is 5.75 Å². The molecule has 0 heterocycles. The number of benzene rings is 2. The van der Waals surface area contributed by atoms with Crippen molar-refractivity contribution < 1.29 is 19.4 Å². The number of carbonyl (C=O) groups is 1. The van der Waals surface area contributed by atoms with Gasteiger partial charge in [0.25, 0.3) is 5.91 Å². The van der Waals surface area contributed by atoms with Gasteiger partial charge in [-0.15, -0.1) is 0 Å². The van der Waals surface area contributed by atoms with E-state index in [2.05, 4.69) is 26.5 Å². The molecule has 0 saturated carbocycles. The van der Waals surface area contributed by atoms with Crippen molar-refractivity contribution in [2.45, 2.75) is 0 Å². The molecule has 6 nitrogen and oxygen atoms in total. The molecule has 2 N–H and O–H groups in total. The van der Waals surface area contributed by atoms with Gasteiger partial charge in [0.15, 0.2) is 0 Å². The van der Waals surface area contributed by atoms with E-state index >= 15 is 0 Å². The summed E-state index contributed by atoms with van der Waals surface area (Å²) in [4.78, 5) is 12.2. The number of hydrogen-bond acceptors (Lipinski definition) is 5. The summed E-state index contributed by atoms with van der Waals surface area (Å²) in [5.74, 6) is 0.611. The average Bonchev–Trinajstić information content (AvgIpc) is 2.56. The molecule has 0 aliphatic heterocycles. The summed E-state index contributed by atoms with van der Waals surface area (Å²) in [6.45, 7) is 0. The maximum Gasteiger partial charge on any atom is 0.275 e. The number of methoxy groups -OCH3 is 2. The van der Waals surface area contributed by atoms with Crippen LogP contribution in [0.1, 0.15) is 15.9 Å². The van der Waals surface area contributed by atoms with Crippen molar-refractivity contribution >= 4 is 28.1 Å². The third-order valence-electron chi connectivity index (χ3n) is 3.01. The van der Waals surface area contributed by atoms with E-state index in [1.165, 1.54) is 26.5 Å². The monoisotopic (exact) mass is 378 g/mol. The Morgan fingerprint density at radius 1 is 1.22 bits per heavy atom. The summed E-state index contributed by atoms with van der Waals surface area (Å²) in [7, 11) is 3.01. The van der Waals surface area contributed by atoms with E-state index in [1.54, 1.807) is 30.3 Å². The quantitative estimate of drug-likeness (QED) is 0.619. The molecule has 0 aliphatic carbocycles. The van der Waals surface area contributed by atoms with Gasteiger partial charge in [-0.2, -0.15) is 5.10 Å². The Kier molecular flexibility index (Phi) is 5.59. The Balaban J connectivity index is 2.14. The van der Waals surface area contributed by atoms with Crippen molar-refractivity contribution in [2.75, 3.05) is 14.2 Å². The molecule has 2 rings (SSSR count). The van der Waals surface area contributed by atoms with Crippen molar-refractivity contribution in [2.24, 2.45) is 5.10 Å². The second-order valence-corrected chi connectivity index (χ2v) is 5.38. The number of hydrazone groups is 1. The highest BCUT2D eigenvalue weighted by Crippen LogP contribution is 2.23. The zero-order valence-electron chi connectivity index (χ0n) is 12.5. The highest BCUT2D eigenvalue weighted by Gasteiger charge is 2.12. The molecule has 120 valence electrons. The molecule has 0 aliphatic rings. The van der Waals surface area contributed by atoms with Gasteiger partial charge in [0.05, 0.1) is 26.0 Å². The summed E-state index contributed by atoms with van der Waals surface area (Å²) < 4.78 is 11.0. The van der Waals surface area contributed by atoms with E-state index < -0.39 is 5.91 Å². The Labute approximate surface area is 141 Å². The molecule has 0 fully saturated rings. The SMILES string of the molecule is COc1ccc(O)c(/C=N\NC(=O)c2cc(Br)ccc2OC)c1. The van der Waals surface area contributed by atoms with E-state index in [1.807, 2.05) is 0 Å². The van der Waals surface area contributed by atoms with E-state index in [4.69, 9.17) is 9.47 Å². The van der Waals surface area contributed by atoms with Crippen LogP contribution in [0.3, 0.4) is 0 Å². The van der Waals surface area contributed by atoms with Crippen molar-refractivity contribution in [1.82, 2.24) is 5.43 Å². The van der Waals surface area contributed by atoms with Crippen molar-refractivity contribution in [3.63, 3.8) is 0 Å². The molecular weight excluding hydrogens is 364 g/mol. The number of rotatable bonds is 5. The van der Waals surface area contributed by atoms with Crippen LogP contribution >= 0.6 is 15.9 Å². The minimum atomic E-state index is -0.429. The average molecular weight is 379 g/mol. The van der Waals surface area contributed by atoms with Crippen LogP contribution in [0.25, 0.3) is 0 Å². The molecule has 1 amide bonds. The second kappa shape index (κ2) is 7.64. The van der Waals surface area contributed by atoms with Crippen LogP contribution in [0.4, 0.5) is 0 Å². The summed E-state index contributed by atoms with van der Waals surface area (Å²) in [6.07, 6.45) is 1.33. The highest BCUT2D eigenvalue weighted by molar-refractivity contribution is 9.10. The van der Waals surface area contributed by atoms with Crippen molar-refractivity contribution in [1.29, 1.82) is 0 Å². The molecular formula is C16H15BrN2O4. The summed E-state index contributed by atoms with van der Waals surface area (Å²) >= 11 is 3.30. The van der Waals surface area contributed by atoms with Crippen molar-refractivity contribution in [3.8, 4) is 17.2 Å². The molecule has 0 spiro atoms. The number of amides is 1. The smallest absolute Gasteiger partial charge is 0.275 e. The Morgan fingerprint density at radius 3 is 2.70 bits per heavy atom. The number of ether oxygens (including phenoxy) is 2. The first-order valence-electron chi connectivity index (χ1n) is 6.59. The fraction of sp³-hybridized carbons (Fsp3) is 0.125. The van der Waals surface area contributed by atoms with Crippen LogP contribution in [-0.4, -0.2) is 31.4 Å². The standard InChI is InChI=1S/C16H15BrN2O4/c1-22-12-4-5-14(20)10(7-12)9-18-19-16(21)13-8-11(17)3-6-15(13)23-2/h3-9,20H,1-2H3,(H,19,21)/b18-9-. The molecule has 23 heavy (non-hydrogen) atoms. The molecule has 7 heteroatoms. The first-order valence-corrected chi connectivity index (χ1v) is 7.38. The van der Waals surface area contributed by atoms with Crippen LogP contribution in [0.2, 0.25) is 0 Å². The van der Waals surface area contributed by atoms with Gasteiger partial charge in [-0.25, -0.2) is 5.43 Å².